The van der Waals surface area contributed by atoms with Gasteiger partial charge in [-0.1, -0.05) is 6.92 Å². The second-order valence-electron chi connectivity index (χ2n) is 4.39. The van der Waals surface area contributed by atoms with Crippen molar-refractivity contribution in [2.24, 2.45) is 5.73 Å². The number of hydrogen-bond acceptors (Lipinski definition) is 3. The van der Waals surface area contributed by atoms with Crippen LogP contribution in [0.5, 0.6) is 0 Å². The third-order valence-electron chi connectivity index (χ3n) is 3.27. The molecular formula is C11H24N2S. The second kappa shape index (κ2) is 5.99. The minimum Gasteiger partial charge on any atom is -0.328 e. The smallest absolute Gasteiger partial charge is 0.0186 e. The lowest BCUT2D eigenvalue weighted by atomic mass is 9.97. The Morgan fingerprint density at radius 3 is 2.79 bits per heavy atom. The molecule has 0 bridgehead atoms. The molecule has 14 heavy (non-hydrogen) atoms. The van der Waals surface area contributed by atoms with Gasteiger partial charge in [0.05, 0.1) is 0 Å². The summed E-state index contributed by atoms with van der Waals surface area (Å²) < 4.78 is 0. The molecule has 0 saturated carbocycles. The number of thioether (sulfide) groups is 1. The molecule has 0 aromatic rings. The zero-order valence-electron chi connectivity index (χ0n) is 9.70. The maximum Gasteiger partial charge on any atom is 0.0186 e. The highest BCUT2D eigenvalue weighted by atomic mass is 32.2. The van der Waals surface area contributed by atoms with Crippen LogP contribution < -0.4 is 5.73 Å². The van der Waals surface area contributed by atoms with Crippen LogP contribution in [0.3, 0.4) is 0 Å². The van der Waals surface area contributed by atoms with Gasteiger partial charge in [-0.3, -0.25) is 4.90 Å². The molecule has 0 aliphatic carbocycles. The molecule has 3 unspecified atom stereocenters. The molecule has 1 aliphatic heterocycles. The van der Waals surface area contributed by atoms with E-state index in [1.807, 2.05) is 11.8 Å². The van der Waals surface area contributed by atoms with Gasteiger partial charge < -0.3 is 5.73 Å². The first kappa shape index (κ1) is 12.3. The summed E-state index contributed by atoms with van der Waals surface area (Å²) in [6, 6.07) is 1.87. The van der Waals surface area contributed by atoms with Crippen molar-refractivity contribution in [3.8, 4) is 0 Å². The van der Waals surface area contributed by atoms with E-state index in [4.69, 9.17) is 5.73 Å². The molecule has 0 radical (unpaired) electrons. The van der Waals surface area contributed by atoms with E-state index in [1.54, 1.807) is 0 Å². The highest BCUT2D eigenvalue weighted by molar-refractivity contribution is 7.98. The lowest BCUT2D eigenvalue weighted by Gasteiger charge is -2.41. The average Bonchev–Trinajstić information content (AvgIpc) is 2.15. The molecule has 3 atom stereocenters. The SMILES string of the molecule is CCC(CSC)N1CCC(N)CC1C. The van der Waals surface area contributed by atoms with Gasteiger partial charge in [-0.25, -0.2) is 0 Å². The van der Waals surface area contributed by atoms with Crippen molar-refractivity contribution < 1.29 is 0 Å². The van der Waals surface area contributed by atoms with Crippen LogP contribution in [-0.2, 0) is 0 Å². The first-order valence-corrected chi connectivity index (χ1v) is 7.08. The molecule has 1 saturated heterocycles. The average molecular weight is 216 g/mol. The summed E-state index contributed by atoms with van der Waals surface area (Å²) in [5.41, 5.74) is 5.97. The largest absolute Gasteiger partial charge is 0.328 e. The Morgan fingerprint density at radius 2 is 2.29 bits per heavy atom. The Kier molecular flexibility index (Phi) is 5.28. The van der Waals surface area contributed by atoms with E-state index >= 15 is 0 Å². The first-order valence-electron chi connectivity index (χ1n) is 5.69. The molecule has 1 heterocycles. The van der Waals surface area contributed by atoms with Crippen LogP contribution in [0.25, 0.3) is 0 Å². The number of piperidine rings is 1. The number of hydrogen-bond donors (Lipinski definition) is 1. The van der Waals surface area contributed by atoms with Crippen LogP contribution in [0.4, 0.5) is 0 Å². The normalized spacial score (nSPS) is 31.7. The highest BCUT2D eigenvalue weighted by Crippen LogP contribution is 2.21. The molecule has 1 fully saturated rings. The summed E-state index contributed by atoms with van der Waals surface area (Å²) in [6.45, 7) is 5.81. The summed E-state index contributed by atoms with van der Waals surface area (Å²) >= 11 is 1.96. The summed E-state index contributed by atoms with van der Waals surface area (Å²) in [7, 11) is 0. The molecule has 0 amide bonds. The molecule has 1 rings (SSSR count). The van der Waals surface area contributed by atoms with Crippen molar-refractivity contribution in [1.29, 1.82) is 0 Å². The molecule has 2 N–H and O–H groups in total. The van der Waals surface area contributed by atoms with E-state index in [2.05, 4.69) is 25.0 Å². The fourth-order valence-corrected chi connectivity index (χ4v) is 3.22. The van der Waals surface area contributed by atoms with Crippen molar-refractivity contribution in [2.75, 3.05) is 18.6 Å². The van der Waals surface area contributed by atoms with E-state index in [1.165, 1.54) is 31.6 Å². The molecule has 0 aromatic carbocycles. The lowest BCUT2D eigenvalue weighted by molar-refractivity contribution is 0.104. The molecule has 1 aliphatic rings. The van der Waals surface area contributed by atoms with Crippen LogP contribution in [0.1, 0.15) is 33.1 Å². The van der Waals surface area contributed by atoms with Crippen molar-refractivity contribution >= 4 is 11.8 Å². The Labute approximate surface area is 92.6 Å². The lowest BCUT2D eigenvalue weighted by Crippen LogP contribution is -2.50. The maximum absolute atomic E-state index is 5.97. The number of likely N-dealkylation sites (tertiary alicyclic amines) is 1. The molecule has 3 heteroatoms. The van der Waals surface area contributed by atoms with E-state index in [9.17, 15) is 0 Å². The minimum atomic E-state index is 0.438. The Bertz CT molecular complexity index is 163. The summed E-state index contributed by atoms with van der Waals surface area (Å²) in [5, 5.41) is 0. The number of nitrogens with zero attached hydrogens (tertiary/aromatic N) is 1. The summed E-state index contributed by atoms with van der Waals surface area (Å²) in [6.07, 6.45) is 5.81. The van der Waals surface area contributed by atoms with Crippen LogP contribution >= 0.6 is 11.8 Å². The van der Waals surface area contributed by atoms with Crippen molar-refractivity contribution in [3.05, 3.63) is 0 Å². The maximum atomic E-state index is 5.97. The van der Waals surface area contributed by atoms with Gasteiger partial charge in [0.2, 0.25) is 0 Å². The Balaban J connectivity index is 2.48. The van der Waals surface area contributed by atoms with Gasteiger partial charge in [0.15, 0.2) is 0 Å². The van der Waals surface area contributed by atoms with Crippen LogP contribution in [0.2, 0.25) is 0 Å². The van der Waals surface area contributed by atoms with Gasteiger partial charge in [0.1, 0.15) is 0 Å². The van der Waals surface area contributed by atoms with Gasteiger partial charge in [-0.2, -0.15) is 11.8 Å². The predicted molar refractivity (Wildman–Crippen MR) is 65.8 cm³/mol. The zero-order chi connectivity index (χ0) is 10.6. The van der Waals surface area contributed by atoms with Crippen molar-refractivity contribution in [3.63, 3.8) is 0 Å². The van der Waals surface area contributed by atoms with Gasteiger partial charge in [-0.15, -0.1) is 0 Å². The van der Waals surface area contributed by atoms with E-state index in [0.717, 1.165) is 6.04 Å². The third-order valence-corrected chi connectivity index (χ3v) is 3.99. The van der Waals surface area contributed by atoms with Gasteiger partial charge in [-0.05, 0) is 32.4 Å². The predicted octanol–water partition coefficient (Wildman–Crippen LogP) is 1.94. The fraction of sp³-hybridized carbons (Fsp3) is 1.00. The van der Waals surface area contributed by atoms with Gasteiger partial charge in [0, 0.05) is 30.4 Å². The first-order chi connectivity index (χ1) is 6.69. The minimum absolute atomic E-state index is 0.438. The fourth-order valence-electron chi connectivity index (χ4n) is 2.41. The van der Waals surface area contributed by atoms with Crippen LogP contribution in [0, 0.1) is 0 Å². The van der Waals surface area contributed by atoms with Crippen LogP contribution in [-0.4, -0.2) is 41.6 Å². The van der Waals surface area contributed by atoms with Gasteiger partial charge in [0.25, 0.3) is 0 Å². The topological polar surface area (TPSA) is 29.3 Å². The van der Waals surface area contributed by atoms with E-state index < -0.39 is 0 Å². The standard InChI is InChI=1S/C11H24N2S/c1-4-11(8-14-3)13-6-5-10(12)7-9(13)2/h9-11H,4-8,12H2,1-3H3. The monoisotopic (exact) mass is 216 g/mol. The number of nitrogens with two attached hydrogens (primary N) is 1. The van der Waals surface area contributed by atoms with Crippen molar-refractivity contribution in [2.45, 2.75) is 51.2 Å². The molecular weight excluding hydrogens is 192 g/mol. The number of rotatable bonds is 4. The van der Waals surface area contributed by atoms with E-state index in [0.29, 0.717) is 12.1 Å². The van der Waals surface area contributed by atoms with Crippen molar-refractivity contribution in [1.82, 2.24) is 4.90 Å². The molecule has 84 valence electrons. The summed E-state index contributed by atoms with van der Waals surface area (Å²) in [5.74, 6) is 1.26. The molecule has 0 aromatic heterocycles. The highest BCUT2D eigenvalue weighted by Gasteiger charge is 2.27. The molecule has 0 spiro atoms. The zero-order valence-corrected chi connectivity index (χ0v) is 10.5. The van der Waals surface area contributed by atoms with Gasteiger partial charge >= 0.3 is 0 Å². The Morgan fingerprint density at radius 1 is 1.57 bits per heavy atom. The van der Waals surface area contributed by atoms with Crippen LogP contribution in [0.15, 0.2) is 0 Å². The third kappa shape index (κ3) is 3.14. The second-order valence-corrected chi connectivity index (χ2v) is 5.30. The Hall–Kier alpha value is 0.270. The summed E-state index contributed by atoms with van der Waals surface area (Å²) in [4.78, 5) is 2.65. The van der Waals surface area contributed by atoms with E-state index in [-0.39, 0.29) is 0 Å². The quantitative estimate of drug-likeness (QED) is 0.779. The molecule has 2 nitrogen and oxygen atoms in total.